The van der Waals surface area contributed by atoms with Gasteiger partial charge in [-0.2, -0.15) is 0 Å². The summed E-state index contributed by atoms with van der Waals surface area (Å²) < 4.78 is 5.80. The molecule has 0 unspecified atom stereocenters. The summed E-state index contributed by atoms with van der Waals surface area (Å²) in [6.07, 6.45) is 9.42. The van der Waals surface area contributed by atoms with Crippen molar-refractivity contribution in [1.82, 2.24) is 14.8 Å². The zero-order valence-electron chi connectivity index (χ0n) is 17.9. The van der Waals surface area contributed by atoms with Gasteiger partial charge in [-0.05, 0) is 73.4 Å². The van der Waals surface area contributed by atoms with Crippen LogP contribution in [-0.4, -0.2) is 53.2 Å². The van der Waals surface area contributed by atoms with Crippen molar-refractivity contribution in [1.29, 1.82) is 0 Å². The van der Waals surface area contributed by atoms with Crippen molar-refractivity contribution in [3.63, 3.8) is 0 Å². The van der Waals surface area contributed by atoms with Crippen LogP contribution in [0.1, 0.15) is 60.5 Å². The summed E-state index contributed by atoms with van der Waals surface area (Å²) in [4.78, 5) is 21.9. The molecule has 0 bridgehead atoms. The quantitative estimate of drug-likeness (QED) is 0.659. The number of fused-ring (bicyclic) bond motifs is 2. The number of carbonyl (C=O) groups excluding carboxylic acids is 1. The molecule has 1 aromatic heterocycles. The highest BCUT2D eigenvalue weighted by Gasteiger charge is 2.33. The van der Waals surface area contributed by atoms with Crippen molar-refractivity contribution in [2.45, 2.75) is 57.1 Å². The maximum atomic E-state index is 12.7. The number of ether oxygens (including phenoxy) is 1. The Hall–Kier alpha value is -2.11. The van der Waals surface area contributed by atoms with Crippen molar-refractivity contribution in [2.24, 2.45) is 0 Å². The molecule has 2 heterocycles. The van der Waals surface area contributed by atoms with Crippen LogP contribution in [0.3, 0.4) is 0 Å². The Labute approximate surface area is 189 Å². The van der Waals surface area contributed by atoms with Crippen molar-refractivity contribution >= 4 is 17.7 Å². The lowest BCUT2D eigenvalue weighted by Gasteiger charge is -2.39. The predicted molar refractivity (Wildman–Crippen MR) is 121 cm³/mol. The van der Waals surface area contributed by atoms with Gasteiger partial charge in [-0.15, -0.1) is 0 Å². The van der Waals surface area contributed by atoms with Gasteiger partial charge in [0.05, 0.1) is 11.7 Å². The molecule has 1 amide bonds. The van der Waals surface area contributed by atoms with Crippen LogP contribution in [0.15, 0.2) is 36.5 Å². The van der Waals surface area contributed by atoms with Crippen LogP contribution in [0, 0.1) is 0 Å². The van der Waals surface area contributed by atoms with Gasteiger partial charge in [0, 0.05) is 37.4 Å². The van der Waals surface area contributed by atoms with E-state index in [-0.39, 0.29) is 18.2 Å². The third kappa shape index (κ3) is 4.44. The maximum absolute atomic E-state index is 12.7. The van der Waals surface area contributed by atoms with E-state index in [9.17, 15) is 4.79 Å². The first kappa shape index (κ1) is 20.8. The second kappa shape index (κ2) is 9.17. The van der Waals surface area contributed by atoms with E-state index in [1.165, 1.54) is 36.0 Å². The Kier molecular flexibility index (Phi) is 6.15. The van der Waals surface area contributed by atoms with Gasteiger partial charge in [0.2, 0.25) is 0 Å². The van der Waals surface area contributed by atoms with E-state index >= 15 is 0 Å². The fraction of sp³-hybridized carbons (Fsp3) is 0.520. The molecule has 2 fully saturated rings. The number of piperazine rings is 1. The minimum absolute atomic E-state index is 0.0995. The molecule has 164 valence electrons. The normalized spacial score (nSPS) is 22.4. The van der Waals surface area contributed by atoms with Crippen LogP contribution >= 0.6 is 11.6 Å². The molecule has 0 radical (unpaired) electrons. The predicted octanol–water partition coefficient (Wildman–Crippen LogP) is 5.01. The minimum Gasteiger partial charge on any atom is -0.446 e. The number of hydrogen-bond donors (Lipinski definition) is 0. The fourth-order valence-electron chi connectivity index (χ4n) is 5.32. The summed E-state index contributed by atoms with van der Waals surface area (Å²) in [5, 5.41) is 0.784. The van der Waals surface area contributed by atoms with Crippen molar-refractivity contribution in [3.8, 4) is 0 Å². The van der Waals surface area contributed by atoms with Gasteiger partial charge in [-0.1, -0.05) is 30.2 Å². The van der Waals surface area contributed by atoms with Crippen LogP contribution in [0.4, 0.5) is 4.79 Å². The van der Waals surface area contributed by atoms with E-state index in [2.05, 4.69) is 23.1 Å². The highest BCUT2D eigenvalue weighted by Crippen LogP contribution is 2.37. The molecule has 31 heavy (non-hydrogen) atoms. The zero-order chi connectivity index (χ0) is 21.2. The highest BCUT2D eigenvalue weighted by molar-refractivity contribution is 6.30. The molecule has 2 aromatic rings. The molecule has 1 saturated carbocycles. The van der Waals surface area contributed by atoms with Crippen LogP contribution < -0.4 is 0 Å². The summed E-state index contributed by atoms with van der Waals surface area (Å²) in [6.45, 7) is 2.99. The van der Waals surface area contributed by atoms with E-state index in [1.807, 2.05) is 23.2 Å². The van der Waals surface area contributed by atoms with Crippen molar-refractivity contribution in [3.05, 3.63) is 63.9 Å². The molecule has 5 rings (SSSR count). The molecular weight excluding hydrogens is 410 g/mol. The number of aromatic nitrogens is 1. The summed E-state index contributed by atoms with van der Waals surface area (Å²) in [5.74, 6) is 0. The monoisotopic (exact) mass is 439 g/mol. The van der Waals surface area contributed by atoms with E-state index < -0.39 is 0 Å². The molecular formula is C25H30ClN3O2. The summed E-state index contributed by atoms with van der Waals surface area (Å²) in [6, 6.07) is 10.6. The number of carbonyl (C=O) groups is 1. The maximum Gasteiger partial charge on any atom is 0.410 e. The number of pyridine rings is 1. The molecule has 6 heteroatoms. The standard InChI is InChI=1S/C25H30ClN3O2/c26-20-10-11-22-19(17-20)9-8-18-5-4-12-27-23(18)24(22)28-13-15-29(16-14-28)25(30)31-21-6-2-1-3-7-21/h4-5,10-12,17,21,24H,1-3,6-9,13-16H2/t24-/m1/s1. The zero-order valence-corrected chi connectivity index (χ0v) is 18.7. The number of amides is 1. The van der Waals surface area contributed by atoms with Crippen molar-refractivity contribution in [2.75, 3.05) is 26.2 Å². The van der Waals surface area contributed by atoms with Gasteiger partial charge in [0.25, 0.3) is 0 Å². The SMILES string of the molecule is O=C(OC1CCCCC1)N1CCN([C@@H]2c3ccc(Cl)cc3CCc3cccnc32)CC1. The number of benzene rings is 1. The lowest BCUT2D eigenvalue weighted by atomic mass is 9.96. The first-order valence-electron chi connectivity index (χ1n) is 11.6. The lowest BCUT2D eigenvalue weighted by molar-refractivity contribution is 0.0292. The smallest absolute Gasteiger partial charge is 0.410 e. The van der Waals surface area contributed by atoms with Gasteiger partial charge in [-0.3, -0.25) is 9.88 Å². The molecule has 1 atom stereocenters. The topological polar surface area (TPSA) is 45.7 Å². The fourth-order valence-corrected chi connectivity index (χ4v) is 5.51. The average molecular weight is 440 g/mol. The van der Waals surface area contributed by atoms with E-state index in [4.69, 9.17) is 21.3 Å². The number of hydrogen-bond acceptors (Lipinski definition) is 4. The molecule has 0 spiro atoms. The molecule has 2 aliphatic carbocycles. The molecule has 3 aliphatic rings. The van der Waals surface area contributed by atoms with E-state index in [1.54, 1.807) is 0 Å². The Morgan fingerprint density at radius 3 is 2.58 bits per heavy atom. The Morgan fingerprint density at radius 2 is 1.77 bits per heavy atom. The van der Waals surface area contributed by atoms with Crippen LogP contribution in [0.25, 0.3) is 0 Å². The van der Waals surface area contributed by atoms with Gasteiger partial charge in [0.15, 0.2) is 0 Å². The second-order valence-corrected chi connectivity index (χ2v) is 9.40. The molecule has 1 aliphatic heterocycles. The highest BCUT2D eigenvalue weighted by atomic mass is 35.5. The average Bonchev–Trinajstić information content (AvgIpc) is 2.96. The third-order valence-corrected chi connectivity index (χ3v) is 7.24. The molecule has 0 N–H and O–H groups in total. The number of halogens is 1. The summed E-state index contributed by atoms with van der Waals surface area (Å²) >= 11 is 6.32. The van der Waals surface area contributed by atoms with Crippen LogP contribution in [-0.2, 0) is 17.6 Å². The number of nitrogens with zero attached hydrogens (tertiary/aromatic N) is 3. The summed E-state index contributed by atoms with van der Waals surface area (Å²) in [7, 11) is 0. The Balaban J connectivity index is 1.33. The van der Waals surface area contributed by atoms with Gasteiger partial charge in [0.1, 0.15) is 6.10 Å². The lowest BCUT2D eigenvalue weighted by Crippen LogP contribution is -2.50. The molecule has 1 aromatic carbocycles. The summed E-state index contributed by atoms with van der Waals surface area (Å²) in [5.41, 5.74) is 5.04. The van der Waals surface area contributed by atoms with Gasteiger partial charge >= 0.3 is 6.09 Å². The van der Waals surface area contributed by atoms with Crippen LogP contribution in [0.5, 0.6) is 0 Å². The van der Waals surface area contributed by atoms with Crippen molar-refractivity contribution < 1.29 is 9.53 Å². The Bertz CT molecular complexity index is 936. The first-order valence-corrected chi connectivity index (χ1v) is 12.0. The first-order chi connectivity index (χ1) is 15.2. The second-order valence-electron chi connectivity index (χ2n) is 8.96. The van der Waals surface area contributed by atoms with Crippen LogP contribution in [0.2, 0.25) is 5.02 Å². The van der Waals surface area contributed by atoms with Gasteiger partial charge < -0.3 is 9.64 Å². The molecule has 5 nitrogen and oxygen atoms in total. The van der Waals surface area contributed by atoms with E-state index in [0.717, 1.165) is 49.5 Å². The Morgan fingerprint density at radius 1 is 1.00 bits per heavy atom. The van der Waals surface area contributed by atoms with Gasteiger partial charge in [-0.25, -0.2) is 4.79 Å². The number of aryl methyl sites for hydroxylation is 2. The minimum atomic E-state index is -0.141. The molecule has 1 saturated heterocycles. The largest absolute Gasteiger partial charge is 0.446 e. The van der Waals surface area contributed by atoms with E-state index in [0.29, 0.717) is 13.1 Å². The third-order valence-electron chi connectivity index (χ3n) is 7.01. The number of rotatable bonds is 2.